The standard InChI is InChI=1S/C15H23NO3/c1-4-19-14-6-5-13(9-12(14)3)10-16-8-7-11(2)15(17)18/h5-6,9,11,16H,4,7-8,10H2,1-3H3,(H,17,18). The first kappa shape index (κ1) is 15.5. The van der Waals surface area contributed by atoms with Gasteiger partial charge in [0.2, 0.25) is 0 Å². The Kier molecular flexibility index (Phi) is 6.36. The molecule has 0 bridgehead atoms. The average molecular weight is 265 g/mol. The molecule has 0 aliphatic heterocycles. The molecule has 4 heteroatoms. The van der Waals surface area contributed by atoms with Gasteiger partial charge in [-0.05, 0) is 44.0 Å². The summed E-state index contributed by atoms with van der Waals surface area (Å²) in [5.41, 5.74) is 2.31. The third-order valence-corrected chi connectivity index (χ3v) is 3.04. The number of nitrogens with one attached hydrogen (secondary N) is 1. The van der Waals surface area contributed by atoms with Crippen LogP contribution in [0.5, 0.6) is 5.75 Å². The molecule has 19 heavy (non-hydrogen) atoms. The summed E-state index contributed by atoms with van der Waals surface area (Å²) in [6.45, 7) is 7.86. The number of aliphatic carboxylic acids is 1. The fourth-order valence-corrected chi connectivity index (χ4v) is 1.81. The number of benzene rings is 1. The molecule has 2 N–H and O–H groups in total. The highest BCUT2D eigenvalue weighted by Crippen LogP contribution is 2.18. The third kappa shape index (κ3) is 5.30. The average Bonchev–Trinajstić information content (AvgIpc) is 2.37. The van der Waals surface area contributed by atoms with E-state index in [-0.39, 0.29) is 5.92 Å². The van der Waals surface area contributed by atoms with Crippen molar-refractivity contribution in [1.82, 2.24) is 5.32 Å². The molecular formula is C15H23NO3. The van der Waals surface area contributed by atoms with Gasteiger partial charge < -0.3 is 15.2 Å². The Morgan fingerprint density at radius 2 is 2.21 bits per heavy atom. The minimum atomic E-state index is -0.737. The number of aryl methyl sites for hydroxylation is 1. The molecule has 0 amide bonds. The van der Waals surface area contributed by atoms with Gasteiger partial charge >= 0.3 is 5.97 Å². The van der Waals surface area contributed by atoms with Gasteiger partial charge in [0.05, 0.1) is 12.5 Å². The van der Waals surface area contributed by atoms with Crippen molar-refractivity contribution in [3.8, 4) is 5.75 Å². The van der Waals surface area contributed by atoms with Crippen molar-refractivity contribution in [2.24, 2.45) is 5.92 Å². The normalized spacial score (nSPS) is 12.2. The molecule has 1 atom stereocenters. The minimum absolute atomic E-state index is 0.297. The van der Waals surface area contributed by atoms with Crippen molar-refractivity contribution in [2.45, 2.75) is 33.7 Å². The van der Waals surface area contributed by atoms with Crippen LogP contribution in [0.25, 0.3) is 0 Å². The molecular weight excluding hydrogens is 242 g/mol. The summed E-state index contributed by atoms with van der Waals surface area (Å²) in [6.07, 6.45) is 0.644. The predicted octanol–water partition coefficient (Wildman–Crippen LogP) is 2.59. The third-order valence-electron chi connectivity index (χ3n) is 3.04. The van der Waals surface area contributed by atoms with E-state index in [2.05, 4.69) is 11.4 Å². The second-order valence-corrected chi connectivity index (χ2v) is 4.74. The summed E-state index contributed by atoms with van der Waals surface area (Å²) < 4.78 is 5.49. The van der Waals surface area contributed by atoms with Crippen molar-refractivity contribution in [3.63, 3.8) is 0 Å². The molecule has 0 saturated heterocycles. The van der Waals surface area contributed by atoms with E-state index in [1.54, 1.807) is 6.92 Å². The fourth-order valence-electron chi connectivity index (χ4n) is 1.81. The van der Waals surface area contributed by atoms with E-state index in [0.29, 0.717) is 19.6 Å². The Bertz CT molecular complexity index is 418. The fraction of sp³-hybridized carbons (Fsp3) is 0.533. The highest BCUT2D eigenvalue weighted by Gasteiger charge is 2.09. The molecule has 1 rings (SSSR count). The quantitative estimate of drug-likeness (QED) is 0.709. The number of hydrogen-bond donors (Lipinski definition) is 2. The zero-order valence-electron chi connectivity index (χ0n) is 11.9. The number of carboxylic acid groups (broad SMARTS) is 1. The number of carboxylic acids is 1. The molecule has 0 aromatic heterocycles. The van der Waals surface area contributed by atoms with Crippen molar-refractivity contribution in [3.05, 3.63) is 29.3 Å². The first-order valence-corrected chi connectivity index (χ1v) is 6.70. The maximum atomic E-state index is 10.7. The Morgan fingerprint density at radius 1 is 1.47 bits per heavy atom. The second kappa shape index (κ2) is 7.79. The molecule has 0 fully saturated rings. The van der Waals surface area contributed by atoms with Gasteiger partial charge in [0, 0.05) is 6.54 Å². The molecule has 1 unspecified atom stereocenters. The number of rotatable bonds is 8. The van der Waals surface area contributed by atoms with Crippen LogP contribution in [0.3, 0.4) is 0 Å². The largest absolute Gasteiger partial charge is 0.494 e. The van der Waals surface area contributed by atoms with E-state index in [9.17, 15) is 4.79 Å². The zero-order valence-corrected chi connectivity index (χ0v) is 11.9. The Balaban J connectivity index is 2.37. The number of ether oxygens (including phenoxy) is 1. The van der Waals surface area contributed by atoms with Gasteiger partial charge in [-0.15, -0.1) is 0 Å². The van der Waals surface area contributed by atoms with E-state index in [4.69, 9.17) is 9.84 Å². The van der Waals surface area contributed by atoms with Crippen LogP contribution in [0.1, 0.15) is 31.4 Å². The predicted molar refractivity (Wildman–Crippen MR) is 75.5 cm³/mol. The van der Waals surface area contributed by atoms with Gasteiger partial charge in [0.1, 0.15) is 5.75 Å². The number of carbonyl (C=O) groups is 1. The lowest BCUT2D eigenvalue weighted by atomic mass is 10.1. The SMILES string of the molecule is CCOc1ccc(CNCCC(C)C(=O)O)cc1C. The molecule has 0 spiro atoms. The Morgan fingerprint density at radius 3 is 2.79 bits per heavy atom. The zero-order chi connectivity index (χ0) is 14.3. The van der Waals surface area contributed by atoms with Crippen LogP contribution >= 0.6 is 0 Å². The summed E-state index contributed by atoms with van der Waals surface area (Å²) in [4.78, 5) is 10.7. The van der Waals surface area contributed by atoms with Gasteiger partial charge in [0.15, 0.2) is 0 Å². The molecule has 1 aromatic carbocycles. The summed E-state index contributed by atoms with van der Waals surface area (Å²) in [5.74, 6) is -0.112. The van der Waals surface area contributed by atoms with Crippen molar-refractivity contribution >= 4 is 5.97 Å². The second-order valence-electron chi connectivity index (χ2n) is 4.74. The van der Waals surface area contributed by atoms with Crippen LogP contribution in [0.15, 0.2) is 18.2 Å². The van der Waals surface area contributed by atoms with Crippen LogP contribution in [0.2, 0.25) is 0 Å². The topological polar surface area (TPSA) is 58.6 Å². The maximum absolute atomic E-state index is 10.7. The molecule has 4 nitrogen and oxygen atoms in total. The smallest absolute Gasteiger partial charge is 0.306 e. The minimum Gasteiger partial charge on any atom is -0.494 e. The Hall–Kier alpha value is -1.55. The van der Waals surface area contributed by atoms with Gasteiger partial charge in [-0.25, -0.2) is 0 Å². The number of hydrogen-bond acceptors (Lipinski definition) is 3. The lowest BCUT2D eigenvalue weighted by Crippen LogP contribution is -2.20. The summed E-state index contributed by atoms with van der Waals surface area (Å²) >= 11 is 0. The van der Waals surface area contributed by atoms with Gasteiger partial charge in [-0.3, -0.25) is 4.79 Å². The molecule has 0 saturated carbocycles. The van der Waals surface area contributed by atoms with E-state index in [1.807, 2.05) is 26.0 Å². The molecule has 106 valence electrons. The lowest BCUT2D eigenvalue weighted by Gasteiger charge is -2.10. The summed E-state index contributed by atoms with van der Waals surface area (Å²) in [7, 11) is 0. The molecule has 0 radical (unpaired) electrons. The molecule has 0 aliphatic rings. The van der Waals surface area contributed by atoms with Crippen LogP contribution in [0, 0.1) is 12.8 Å². The molecule has 1 aromatic rings. The first-order chi connectivity index (χ1) is 9.04. The van der Waals surface area contributed by atoms with Crippen LogP contribution in [-0.4, -0.2) is 24.2 Å². The van der Waals surface area contributed by atoms with Crippen molar-refractivity contribution in [2.75, 3.05) is 13.2 Å². The highest BCUT2D eigenvalue weighted by atomic mass is 16.5. The van der Waals surface area contributed by atoms with Gasteiger partial charge in [-0.1, -0.05) is 19.1 Å². The van der Waals surface area contributed by atoms with Gasteiger partial charge in [-0.2, -0.15) is 0 Å². The molecule has 0 aliphatic carbocycles. The van der Waals surface area contributed by atoms with Crippen LogP contribution in [-0.2, 0) is 11.3 Å². The van der Waals surface area contributed by atoms with E-state index in [1.165, 1.54) is 5.56 Å². The molecule has 0 heterocycles. The van der Waals surface area contributed by atoms with Crippen molar-refractivity contribution < 1.29 is 14.6 Å². The van der Waals surface area contributed by atoms with Gasteiger partial charge in [0.25, 0.3) is 0 Å². The Labute approximate surface area is 114 Å². The van der Waals surface area contributed by atoms with E-state index < -0.39 is 5.97 Å². The van der Waals surface area contributed by atoms with Crippen LogP contribution < -0.4 is 10.1 Å². The summed E-state index contributed by atoms with van der Waals surface area (Å²) in [5, 5.41) is 12.0. The monoisotopic (exact) mass is 265 g/mol. The maximum Gasteiger partial charge on any atom is 0.306 e. The lowest BCUT2D eigenvalue weighted by molar-refractivity contribution is -0.141. The van der Waals surface area contributed by atoms with Crippen LogP contribution in [0.4, 0.5) is 0 Å². The van der Waals surface area contributed by atoms with E-state index >= 15 is 0 Å². The summed E-state index contributed by atoms with van der Waals surface area (Å²) in [6, 6.07) is 6.11. The first-order valence-electron chi connectivity index (χ1n) is 6.70. The van der Waals surface area contributed by atoms with Crippen molar-refractivity contribution in [1.29, 1.82) is 0 Å². The van der Waals surface area contributed by atoms with E-state index in [0.717, 1.165) is 17.9 Å². The highest BCUT2D eigenvalue weighted by molar-refractivity contribution is 5.69.